The summed E-state index contributed by atoms with van der Waals surface area (Å²) in [5, 5.41) is 19.2. The molecule has 0 radical (unpaired) electrons. The van der Waals surface area contributed by atoms with Gasteiger partial charge in [0.05, 0.1) is 11.2 Å². The molecule has 4 heteroatoms. The Hall–Kier alpha value is -1.39. The van der Waals surface area contributed by atoms with Crippen molar-refractivity contribution in [3.63, 3.8) is 0 Å². The molecule has 29 heavy (non-hydrogen) atoms. The lowest BCUT2D eigenvalue weighted by molar-refractivity contribution is -0.0397. The fourth-order valence-corrected chi connectivity index (χ4v) is 3.37. The third kappa shape index (κ3) is 12.7. The molecular formula is C25H45NO3. The van der Waals surface area contributed by atoms with Crippen LogP contribution >= 0.6 is 0 Å². The molecule has 1 atom stereocenters. The molecule has 0 saturated carbocycles. The third-order valence-corrected chi connectivity index (χ3v) is 5.61. The van der Waals surface area contributed by atoms with Gasteiger partial charge in [0, 0.05) is 5.54 Å². The zero-order valence-corrected chi connectivity index (χ0v) is 19.3. The van der Waals surface area contributed by atoms with Gasteiger partial charge in [0.1, 0.15) is 0 Å². The van der Waals surface area contributed by atoms with E-state index in [9.17, 15) is 9.90 Å². The van der Waals surface area contributed by atoms with Gasteiger partial charge in [-0.2, -0.15) is 0 Å². The molecule has 1 rings (SSSR count). The Morgan fingerprint density at radius 1 is 0.828 bits per heavy atom. The van der Waals surface area contributed by atoms with E-state index in [1.54, 1.807) is 30.3 Å². The molecule has 0 aliphatic carbocycles. The summed E-state index contributed by atoms with van der Waals surface area (Å²) >= 11 is 0. The van der Waals surface area contributed by atoms with Crippen LogP contribution in [0.15, 0.2) is 30.3 Å². The molecule has 0 aliphatic rings. The Labute approximate surface area is 178 Å². The standard InChI is InChI=1S/C18H39NO.C7H6O2/c1-5-7-9-10-11-12-13-14-16-18(20,15-8-6-2)17(3,4)19;8-7(9)6-4-2-1-3-5-6/h20H,5-16,19H2,1-4H3;1-5H,(H,8,9). The second-order valence-electron chi connectivity index (χ2n) is 8.75. The van der Waals surface area contributed by atoms with E-state index < -0.39 is 17.1 Å². The Morgan fingerprint density at radius 3 is 1.69 bits per heavy atom. The van der Waals surface area contributed by atoms with Crippen molar-refractivity contribution >= 4 is 5.97 Å². The van der Waals surface area contributed by atoms with Gasteiger partial charge in [0.2, 0.25) is 0 Å². The van der Waals surface area contributed by atoms with Crippen molar-refractivity contribution in [3.05, 3.63) is 35.9 Å². The van der Waals surface area contributed by atoms with E-state index in [4.69, 9.17) is 10.8 Å². The normalized spacial score (nSPS) is 13.3. The van der Waals surface area contributed by atoms with Gasteiger partial charge in [-0.15, -0.1) is 0 Å². The third-order valence-electron chi connectivity index (χ3n) is 5.61. The number of carboxylic acids is 1. The van der Waals surface area contributed by atoms with Crippen LogP contribution in [0.1, 0.15) is 115 Å². The summed E-state index contributed by atoms with van der Waals surface area (Å²) in [4.78, 5) is 10.2. The topological polar surface area (TPSA) is 83.5 Å². The molecule has 0 heterocycles. The Morgan fingerprint density at radius 2 is 1.28 bits per heavy atom. The number of aliphatic hydroxyl groups is 1. The fraction of sp³-hybridized carbons (Fsp3) is 0.720. The minimum Gasteiger partial charge on any atom is -0.478 e. The minimum atomic E-state index is -0.879. The lowest BCUT2D eigenvalue weighted by Gasteiger charge is -2.40. The maximum atomic E-state index is 10.8. The maximum absolute atomic E-state index is 10.8. The Kier molecular flexibility index (Phi) is 14.7. The number of aromatic carboxylic acids is 1. The summed E-state index contributed by atoms with van der Waals surface area (Å²) in [5.41, 5.74) is 5.35. The van der Waals surface area contributed by atoms with Crippen LogP contribution < -0.4 is 5.73 Å². The molecule has 1 aromatic rings. The van der Waals surface area contributed by atoms with Crippen LogP contribution in [0.25, 0.3) is 0 Å². The van der Waals surface area contributed by atoms with Crippen LogP contribution in [0.4, 0.5) is 0 Å². The van der Waals surface area contributed by atoms with Gasteiger partial charge in [-0.25, -0.2) is 4.79 Å². The van der Waals surface area contributed by atoms with Crippen LogP contribution in [-0.2, 0) is 0 Å². The summed E-state index contributed by atoms with van der Waals surface area (Å²) in [5.74, 6) is -0.879. The minimum absolute atomic E-state index is 0.331. The van der Waals surface area contributed by atoms with E-state index in [1.165, 1.54) is 44.9 Å². The van der Waals surface area contributed by atoms with Gasteiger partial charge in [0.25, 0.3) is 0 Å². The number of unbranched alkanes of at least 4 members (excludes halogenated alkanes) is 8. The highest BCUT2D eigenvalue weighted by atomic mass is 16.4. The highest BCUT2D eigenvalue weighted by Gasteiger charge is 2.39. The summed E-state index contributed by atoms with van der Waals surface area (Å²) in [6.45, 7) is 8.35. The molecule has 0 aliphatic heterocycles. The summed E-state index contributed by atoms with van der Waals surface area (Å²) in [7, 11) is 0. The first-order chi connectivity index (χ1) is 13.7. The van der Waals surface area contributed by atoms with E-state index >= 15 is 0 Å². The smallest absolute Gasteiger partial charge is 0.335 e. The molecule has 168 valence electrons. The van der Waals surface area contributed by atoms with Gasteiger partial charge < -0.3 is 15.9 Å². The van der Waals surface area contributed by atoms with E-state index in [-0.39, 0.29) is 0 Å². The molecule has 0 aromatic heterocycles. The highest BCUT2D eigenvalue weighted by Crippen LogP contribution is 2.31. The van der Waals surface area contributed by atoms with Crippen LogP contribution in [0, 0.1) is 0 Å². The van der Waals surface area contributed by atoms with E-state index in [1.807, 2.05) is 13.8 Å². The predicted octanol–water partition coefficient (Wildman–Crippen LogP) is 6.56. The fourth-order valence-electron chi connectivity index (χ4n) is 3.37. The zero-order valence-electron chi connectivity index (χ0n) is 19.3. The van der Waals surface area contributed by atoms with Crippen molar-refractivity contribution in [2.24, 2.45) is 5.73 Å². The monoisotopic (exact) mass is 407 g/mol. The number of hydrogen-bond acceptors (Lipinski definition) is 3. The highest BCUT2D eigenvalue weighted by molar-refractivity contribution is 5.87. The van der Waals surface area contributed by atoms with Crippen molar-refractivity contribution in [2.75, 3.05) is 0 Å². The molecule has 0 bridgehead atoms. The lowest BCUT2D eigenvalue weighted by atomic mass is 9.76. The molecule has 4 nitrogen and oxygen atoms in total. The van der Waals surface area contributed by atoms with Gasteiger partial charge in [-0.05, 0) is 38.8 Å². The zero-order chi connectivity index (χ0) is 22.2. The first-order valence-corrected chi connectivity index (χ1v) is 11.5. The predicted molar refractivity (Wildman–Crippen MR) is 123 cm³/mol. The number of carbonyl (C=O) groups is 1. The molecule has 1 aromatic carbocycles. The van der Waals surface area contributed by atoms with Crippen molar-refractivity contribution in [1.29, 1.82) is 0 Å². The second kappa shape index (κ2) is 15.4. The number of hydrogen-bond donors (Lipinski definition) is 3. The molecule has 0 amide bonds. The van der Waals surface area contributed by atoms with E-state index in [0.717, 1.165) is 32.1 Å². The lowest BCUT2D eigenvalue weighted by Crippen LogP contribution is -2.56. The Balaban J connectivity index is 0.000000717. The van der Waals surface area contributed by atoms with Crippen molar-refractivity contribution in [2.45, 2.75) is 116 Å². The number of rotatable bonds is 14. The van der Waals surface area contributed by atoms with E-state index in [0.29, 0.717) is 5.56 Å². The average Bonchev–Trinajstić information content (AvgIpc) is 2.68. The molecule has 0 fully saturated rings. The molecular weight excluding hydrogens is 362 g/mol. The summed E-state index contributed by atoms with van der Waals surface area (Å²) < 4.78 is 0. The Bertz CT molecular complexity index is 525. The number of benzene rings is 1. The largest absolute Gasteiger partial charge is 0.478 e. The summed E-state index contributed by atoms with van der Waals surface area (Å²) in [6, 6.07) is 8.30. The van der Waals surface area contributed by atoms with Gasteiger partial charge in [0.15, 0.2) is 0 Å². The van der Waals surface area contributed by atoms with Crippen LogP contribution in [0.2, 0.25) is 0 Å². The number of nitrogens with two attached hydrogens (primary N) is 1. The average molecular weight is 408 g/mol. The second-order valence-corrected chi connectivity index (χ2v) is 8.75. The molecule has 4 N–H and O–H groups in total. The van der Waals surface area contributed by atoms with Gasteiger partial charge in [-0.3, -0.25) is 0 Å². The molecule has 0 saturated heterocycles. The molecule has 0 spiro atoms. The summed E-state index contributed by atoms with van der Waals surface area (Å²) in [6.07, 6.45) is 14.3. The SMILES string of the molecule is CCCCCCCCCCC(O)(CCCC)C(C)(C)N.O=C(O)c1ccccc1. The number of carboxylic acid groups (broad SMARTS) is 1. The first kappa shape index (κ1) is 27.6. The van der Waals surface area contributed by atoms with Crippen molar-refractivity contribution in [1.82, 2.24) is 0 Å². The first-order valence-electron chi connectivity index (χ1n) is 11.5. The van der Waals surface area contributed by atoms with Crippen LogP contribution in [-0.4, -0.2) is 27.3 Å². The van der Waals surface area contributed by atoms with Crippen molar-refractivity contribution < 1.29 is 15.0 Å². The molecule has 1 unspecified atom stereocenters. The van der Waals surface area contributed by atoms with E-state index in [2.05, 4.69) is 13.8 Å². The maximum Gasteiger partial charge on any atom is 0.335 e. The van der Waals surface area contributed by atoms with Crippen LogP contribution in [0.5, 0.6) is 0 Å². The quantitative estimate of drug-likeness (QED) is 0.305. The van der Waals surface area contributed by atoms with Gasteiger partial charge >= 0.3 is 5.97 Å². The van der Waals surface area contributed by atoms with Gasteiger partial charge in [-0.1, -0.05) is 96.3 Å². The van der Waals surface area contributed by atoms with Crippen molar-refractivity contribution in [3.8, 4) is 0 Å². The van der Waals surface area contributed by atoms with Crippen LogP contribution in [0.3, 0.4) is 0 Å².